The van der Waals surface area contributed by atoms with E-state index in [1.54, 1.807) is 7.11 Å². The second kappa shape index (κ2) is 4.72. The number of nitrogens with zero attached hydrogens (tertiary/aromatic N) is 1. The lowest BCUT2D eigenvalue weighted by atomic mass is 10.1. The molecule has 1 unspecified atom stereocenters. The summed E-state index contributed by atoms with van der Waals surface area (Å²) in [5, 5.41) is 0. The molecule has 1 aliphatic heterocycles. The van der Waals surface area contributed by atoms with Crippen LogP contribution < -0.4 is 0 Å². The number of sulfonamides is 1. The average molecular weight is 272 g/mol. The molecule has 0 radical (unpaired) electrons. The number of alkyl halides is 1. The maximum absolute atomic E-state index is 11.4. The van der Waals surface area contributed by atoms with Gasteiger partial charge in [-0.25, -0.2) is 8.42 Å². The minimum Gasteiger partial charge on any atom is -0.380 e. The summed E-state index contributed by atoms with van der Waals surface area (Å²) in [7, 11) is -1.47. The van der Waals surface area contributed by atoms with Gasteiger partial charge in [-0.15, -0.1) is 0 Å². The summed E-state index contributed by atoms with van der Waals surface area (Å²) in [5.41, 5.74) is 0. The fourth-order valence-corrected chi connectivity index (χ4v) is 3.23. The van der Waals surface area contributed by atoms with Crippen LogP contribution in [0.15, 0.2) is 0 Å². The molecule has 6 heteroatoms. The molecule has 1 rings (SSSR count). The largest absolute Gasteiger partial charge is 0.380 e. The lowest BCUT2D eigenvalue weighted by Crippen LogP contribution is -2.43. The van der Waals surface area contributed by atoms with Crippen LogP contribution in [0.1, 0.15) is 12.8 Å². The van der Waals surface area contributed by atoms with E-state index in [2.05, 4.69) is 15.9 Å². The van der Waals surface area contributed by atoms with Crippen LogP contribution in [-0.4, -0.2) is 43.7 Å². The van der Waals surface area contributed by atoms with Gasteiger partial charge in [-0.3, -0.25) is 0 Å². The highest BCUT2D eigenvalue weighted by atomic mass is 79.9. The van der Waals surface area contributed by atoms with E-state index >= 15 is 0 Å². The molecule has 1 atom stereocenters. The first-order chi connectivity index (χ1) is 6.10. The standard InChI is InChI=1S/C7H14BrNO3S/c1-12-7-3-2-4-9(5-7)13(10,11)6-8/h7H,2-6H2,1H3. The van der Waals surface area contributed by atoms with Crippen molar-refractivity contribution in [1.29, 1.82) is 0 Å². The fourth-order valence-electron chi connectivity index (χ4n) is 1.42. The summed E-state index contributed by atoms with van der Waals surface area (Å²) in [5.74, 6) is 0. The number of rotatable bonds is 3. The van der Waals surface area contributed by atoms with E-state index in [0.29, 0.717) is 13.1 Å². The van der Waals surface area contributed by atoms with Crippen LogP contribution in [-0.2, 0) is 14.8 Å². The molecule has 78 valence electrons. The summed E-state index contributed by atoms with van der Waals surface area (Å²) in [4.78, 5) is 0. The molecule has 0 aromatic carbocycles. The van der Waals surface area contributed by atoms with Gasteiger partial charge in [0.1, 0.15) is 4.66 Å². The molecule has 0 N–H and O–H groups in total. The highest BCUT2D eigenvalue weighted by molar-refractivity contribution is 9.10. The summed E-state index contributed by atoms with van der Waals surface area (Å²) in [6.07, 6.45) is 1.89. The van der Waals surface area contributed by atoms with Crippen LogP contribution in [0.2, 0.25) is 0 Å². The van der Waals surface area contributed by atoms with Crippen molar-refractivity contribution in [3.63, 3.8) is 0 Å². The van der Waals surface area contributed by atoms with Gasteiger partial charge in [0.25, 0.3) is 0 Å². The molecule has 1 heterocycles. The van der Waals surface area contributed by atoms with E-state index in [-0.39, 0.29) is 10.8 Å². The second-order valence-corrected chi connectivity index (χ2v) is 6.35. The van der Waals surface area contributed by atoms with Crippen molar-refractivity contribution in [3.8, 4) is 0 Å². The van der Waals surface area contributed by atoms with Crippen LogP contribution in [0.25, 0.3) is 0 Å². The molecule has 0 spiro atoms. The van der Waals surface area contributed by atoms with Gasteiger partial charge in [0.05, 0.1) is 6.10 Å². The second-order valence-electron chi connectivity index (χ2n) is 3.08. The SMILES string of the molecule is COC1CCCN(S(=O)(=O)CBr)C1. The molecule has 0 saturated carbocycles. The molecule has 0 aliphatic carbocycles. The number of methoxy groups -OCH3 is 1. The molecule has 0 amide bonds. The van der Waals surface area contributed by atoms with Crippen LogP contribution in [0.5, 0.6) is 0 Å². The molecule has 1 saturated heterocycles. The maximum Gasteiger partial charge on any atom is 0.224 e. The van der Waals surface area contributed by atoms with Crippen LogP contribution >= 0.6 is 15.9 Å². The van der Waals surface area contributed by atoms with E-state index in [1.165, 1.54) is 4.31 Å². The molecule has 13 heavy (non-hydrogen) atoms. The Morgan fingerprint density at radius 1 is 1.62 bits per heavy atom. The van der Waals surface area contributed by atoms with Crippen molar-refractivity contribution in [2.75, 3.05) is 24.9 Å². The zero-order chi connectivity index (χ0) is 9.90. The van der Waals surface area contributed by atoms with E-state index in [4.69, 9.17) is 4.74 Å². The molecule has 0 aromatic heterocycles. The van der Waals surface area contributed by atoms with Crippen molar-refractivity contribution in [1.82, 2.24) is 4.31 Å². The van der Waals surface area contributed by atoms with Crippen molar-refractivity contribution in [2.45, 2.75) is 18.9 Å². The predicted molar refractivity (Wildman–Crippen MR) is 54.3 cm³/mol. The smallest absolute Gasteiger partial charge is 0.224 e. The summed E-state index contributed by atoms with van der Waals surface area (Å²) in [6, 6.07) is 0. The van der Waals surface area contributed by atoms with Gasteiger partial charge in [0.2, 0.25) is 10.0 Å². The topological polar surface area (TPSA) is 46.6 Å². The molecule has 1 fully saturated rings. The first-order valence-electron chi connectivity index (χ1n) is 4.16. The monoisotopic (exact) mass is 271 g/mol. The van der Waals surface area contributed by atoms with Crippen LogP contribution in [0.3, 0.4) is 0 Å². The number of hydrogen-bond acceptors (Lipinski definition) is 3. The van der Waals surface area contributed by atoms with Crippen LogP contribution in [0.4, 0.5) is 0 Å². The van der Waals surface area contributed by atoms with Crippen molar-refractivity contribution < 1.29 is 13.2 Å². The first-order valence-corrected chi connectivity index (χ1v) is 6.90. The zero-order valence-corrected chi connectivity index (χ0v) is 9.97. The predicted octanol–water partition coefficient (Wildman–Crippen LogP) is 0.779. The van der Waals surface area contributed by atoms with Gasteiger partial charge in [0.15, 0.2) is 0 Å². The number of ether oxygens (including phenoxy) is 1. The van der Waals surface area contributed by atoms with Crippen LogP contribution in [0, 0.1) is 0 Å². The van der Waals surface area contributed by atoms with Gasteiger partial charge >= 0.3 is 0 Å². The highest BCUT2D eigenvalue weighted by Gasteiger charge is 2.27. The Morgan fingerprint density at radius 2 is 2.31 bits per heavy atom. The van der Waals surface area contributed by atoms with E-state index in [1.807, 2.05) is 0 Å². The van der Waals surface area contributed by atoms with Gasteiger partial charge < -0.3 is 4.74 Å². The third kappa shape index (κ3) is 2.90. The van der Waals surface area contributed by atoms with E-state index in [0.717, 1.165) is 12.8 Å². The number of piperidine rings is 1. The fraction of sp³-hybridized carbons (Fsp3) is 1.00. The quantitative estimate of drug-likeness (QED) is 0.713. The molecular formula is C7H14BrNO3S. The molecule has 4 nitrogen and oxygen atoms in total. The Bertz CT molecular complexity index is 254. The zero-order valence-electron chi connectivity index (χ0n) is 7.57. The minimum absolute atomic E-state index is 0.00354. The Morgan fingerprint density at radius 3 is 2.85 bits per heavy atom. The molecule has 0 aromatic rings. The summed E-state index contributed by atoms with van der Waals surface area (Å²) < 4.78 is 29.5. The highest BCUT2D eigenvalue weighted by Crippen LogP contribution is 2.16. The summed E-state index contributed by atoms with van der Waals surface area (Å²) in [6.45, 7) is 1.11. The first kappa shape index (κ1) is 11.4. The molecule has 1 aliphatic rings. The lowest BCUT2D eigenvalue weighted by molar-refractivity contribution is 0.0573. The Labute approximate surface area is 87.4 Å². The van der Waals surface area contributed by atoms with Gasteiger partial charge in [-0.2, -0.15) is 4.31 Å². The Balaban J connectivity index is 2.61. The van der Waals surface area contributed by atoms with Gasteiger partial charge in [0, 0.05) is 20.2 Å². The maximum atomic E-state index is 11.4. The van der Waals surface area contributed by atoms with Crippen molar-refractivity contribution >= 4 is 26.0 Å². The third-order valence-corrected chi connectivity index (χ3v) is 5.34. The van der Waals surface area contributed by atoms with Gasteiger partial charge in [-0.1, -0.05) is 15.9 Å². The number of halogens is 1. The minimum atomic E-state index is -3.09. The number of hydrogen-bond donors (Lipinski definition) is 0. The lowest BCUT2D eigenvalue weighted by Gasteiger charge is -2.30. The van der Waals surface area contributed by atoms with Crippen molar-refractivity contribution in [3.05, 3.63) is 0 Å². The summed E-state index contributed by atoms with van der Waals surface area (Å²) >= 11 is 2.98. The Hall–Kier alpha value is 0.350. The van der Waals surface area contributed by atoms with Crippen molar-refractivity contribution in [2.24, 2.45) is 0 Å². The third-order valence-electron chi connectivity index (χ3n) is 2.21. The van der Waals surface area contributed by atoms with Gasteiger partial charge in [-0.05, 0) is 12.8 Å². The molecular weight excluding hydrogens is 258 g/mol. The Kier molecular flexibility index (Phi) is 4.15. The van der Waals surface area contributed by atoms with E-state index in [9.17, 15) is 8.42 Å². The molecule has 0 bridgehead atoms. The normalized spacial score (nSPS) is 26.2. The average Bonchev–Trinajstić information content (AvgIpc) is 2.18. The van der Waals surface area contributed by atoms with E-state index < -0.39 is 10.0 Å².